The molecule has 1 aromatic carbocycles. The van der Waals surface area contributed by atoms with E-state index in [2.05, 4.69) is 15.2 Å². The zero-order chi connectivity index (χ0) is 19.8. The van der Waals surface area contributed by atoms with Crippen LogP contribution in [0.5, 0.6) is 0 Å². The average Bonchev–Trinajstić information content (AvgIpc) is 3.13. The van der Waals surface area contributed by atoms with Crippen molar-refractivity contribution in [3.63, 3.8) is 0 Å². The van der Waals surface area contributed by atoms with Crippen LogP contribution in [0.1, 0.15) is 0 Å². The van der Waals surface area contributed by atoms with Gasteiger partial charge in [-0.05, 0) is 48.5 Å². The van der Waals surface area contributed by atoms with Crippen LogP contribution < -0.4 is 16.0 Å². The summed E-state index contributed by atoms with van der Waals surface area (Å²) in [6.45, 7) is 3.65. The van der Waals surface area contributed by atoms with Crippen LogP contribution >= 0.6 is 0 Å². The molecule has 1 aliphatic rings. The topological polar surface area (TPSA) is 84.4 Å². The van der Waals surface area contributed by atoms with Crippen LogP contribution in [0.3, 0.4) is 0 Å². The van der Waals surface area contributed by atoms with Crippen LogP contribution in [-0.4, -0.2) is 45.8 Å². The Labute approximate surface area is 167 Å². The molecule has 0 radical (unpaired) electrons. The molecule has 4 heterocycles. The lowest BCUT2D eigenvalue weighted by Crippen LogP contribution is -2.44. The Morgan fingerprint density at radius 3 is 2.52 bits per heavy atom. The van der Waals surface area contributed by atoms with Crippen LogP contribution in [0.2, 0.25) is 0 Å². The number of nitrogens with one attached hydrogen (secondary N) is 1. The molecule has 5 rings (SSSR count). The second-order valence-corrected chi connectivity index (χ2v) is 6.98. The Balaban J connectivity index is 1.73. The smallest absolute Gasteiger partial charge is 0.155 e. The zero-order valence-corrected chi connectivity index (χ0v) is 15.7. The summed E-state index contributed by atoms with van der Waals surface area (Å²) < 4.78 is 15.3. The van der Waals surface area contributed by atoms with Crippen molar-refractivity contribution in [1.82, 2.24) is 24.9 Å². The quantitative estimate of drug-likeness (QED) is 0.560. The molecule has 4 aromatic rings. The van der Waals surface area contributed by atoms with Crippen molar-refractivity contribution in [2.24, 2.45) is 0 Å². The zero-order valence-electron chi connectivity index (χ0n) is 15.7. The summed E-state index contributed by atoms with van der Waals surface area (Å²) in [4.78, 5) is 11.1. The van der Waals surface area contributed by atoms with Gasteiger partial charge < -0.3 is 16.0 Å². The Morgan fingerprint density at radius 2 is 1.76 bits per heavy atom. The van der Waals surface area contributed by atoms with Gasteiger partial charge in [0, 0.05) is 43.5 Å². The van der Waals surface area contributed by atoms with E-state index in [1.165, 1.54) is 12.1 Å². The number of nitrogens with zero attached hydrogens (tertiary/aromatic N) is 5. The van der Waals surface area contributed by atoms with Gasteiger partial charge in [-0.2, -0.15) is 0 Å². The van der Waals surface area contributed by atoms with Gasteiger partial charge in [0.15, 0.2) is 5.65 Å². The lowest BCUT2D eigenvalue weighted by atomic mass is 10.1. The molecule has 0 spiro atoms. The highest BCUT2D eigenvalue weighted by Crippen LogP contribution is 2.33. The van der Waals surface area contributed by atoms with E-state index < -0.39 is 0 Å². The Kier molecular flexibility index (Phi) is 4.33. The first-order chi connectivity index (χ1) is 14.2. The molecule has 0 amide bonds. The standard InChI is InChI=1S/C21H20FN7/c22-16-3-1-14(2-4-16)20-21(15-7-8-25-17(23)13-15)29-18(26-20)5-6-19(27-29)28-11-9-24-10-12-28/h1-8,13,24H,9-12H2,(H2,23,25). The molecule has 7 nitrogen and oxygen atoms in total. The second-order valence-electron chi connectivity index (χ2n) is 6.98. The van der Waals surface area contributed by atoms with Gasteiger partial charge in [-0.25, -0.2) is 18.9 Å². The Bertz CT molecular complexity index is 1160. The van der Waals surface area contributed by atoms with Crippen molar-refractivity contribution in [1.29, 1.82) is 0 Å². The summed E-state index contributed by atoms with van der Waals surface area (Å²) in [7, 11) is 0. The summed E-state index contributed by atoms with van der Waals surface area (Å²) in [5.74, 6) is 1.03. The van der Waals surface area contributed by atoms with E-state index in [1.54, 1.807) is 24.4 Å². The first-order valence-corrected chi connectivity index (χ1v) is 9.52. The number of nitrogens with two attached hydrogens (primary N) is 1. The molecule has 0 aliphatic carbocycles. The van der Waals surface area contributed by atoms with Crippen molar-refractivity contribution >= 4 is 17.3 Å². The maximum absolute atomic E-state index is 13.5. The molecular formula is C21H20FN7. The molecular weight excluding hydrogens is 369 g/mol. The highest BCUT2D eigenvalue weighted by Gasteiger charge is 2.19. The minimum absolute atomic E-state index is 0.286. The molecule has 3 aromatic heterocycles. The number of rotatable bonds is 3. The molecule has 1 aliphatic heterocycles. The average molecular weight is 389 g/mol. The summed E-state index contributed by atoms with van der Waals surface area (Å²) in [6, 6.07) is 14.0. The van der Waals surface area contributed by atoms with Crippen LogP contribution in [0.25, 0.3) is 28.2 Å². The Morgan fingerprint density at radius 1 is 0.966 bits per heavy atom. The van der Waals surface area contributed by atoms with Crippen molar-refractivity contribution in [3.05, 3.63) is 60.5 Å². The van der Waals surface area contributed by atoms with Gasteiger partial charge in [0.1, 0.15) is 23.1 Å². The van der Waals surface area contributed by atoms with Gasteiger partial charge in [0.05, 0.1) is 5.69 Å². The third-order valence-corrected chi connectivity index (χ3v) is 5.08. The fraction of sp³-hybridized carbons (Fsp3) is 0.190. The minimum atomic E-state index is -0.286. The van der Waals surface area contributed by atoms with Gasteiger partial charge >= 0.3 is 0 Å². The van der Waals surface area contributed by atoms with Gasteiger partial charge in [-0.15, -0.1) is 5.10 Å². The number of halogens is 1. The molecule has 3 N–H and O–H groups in total. The summed E-state index contributed by atoms with van der Waals surface area (Å²) in [5, 5.41) is 8.24. The monoisotopic (exact) mass is 389 g/mol. The van der Waals surface area contributed by atoms with E-state index in [0.29, 0.717) is 11.5 Å². The fourth-order valence-electron chi connectivity index (χ4n) is 3.65. The van der Waals surface area contributed by atoms with Crippen LogP contribution in [0, 0.1) is 5.82 Å². The van der Waals surface area contributed by atoms with Crippen molar-refractivity contribution in [2.45, 2.75) is 0 Å². The number of hydrogen-bond acceptors (Lipinski definition) is 6. The molecule has 8 heteroatoms. The number of aromatic nitrogens is 4. The van der Waals surface area contributed by atoms with E-state index in [0.717, 1.165) is 54.5 Å². The van der Waals surface area contributed by atoms with Gasteiger partial charge in [0.25, 0.3) is 0 Å². The molecule has 1 saturated heterocycles. The van der Waals surface area contributed by atoms with E-state index in [1.807, 2.05) is 22.7 Å². The number of hydrogen-bond donors (Lipinski definition) is 2. The van der Waals surface area contributed by atoms with Gasteiger partial charge in [0.2, 0.25) is 0 Å². The predicted molar refractivity (Wildman–Crippen MR) is 111 cm³/mol. The fourth-order valence-corrected chi connectivity index (χ4v) is 3.65. The molecule has 0 unspecified atom stereocenters. The second kappa shape index (κ2) is 7.14. The SMILES string of the molecule is Nc1cc(-c2c(-c3ccc(F)cc3)nc3ccc(N4CCNCC4)nn23)ccn1. The molecule has 0 atom stereocenters. The lowest BCUT2D eigenvalue weighted by molar-refractivity contribution is 0.582. The first kappa shape index (κ1) is 17.6. The molecule has 0 saturated carbocycles. The summed E-state index contributed by atoms with van der Waals surface area (Å²) in [5.41, 5.74) is 9.85. The number of imidazole rings is 1. The summed E-state index contributed by atoms with van der Waals surface area (Å²) >= 11 is 0. The first-order valence-electron chi connectivity index (χ1n) is 9.52. The third-order valence-electron chi connectivity index (χ3n) is 5.08. The van der Waals surface area contributed by atoms with Crippen LogP contribution in [-0.2, 0) is 0 Å². The van der Waals surface area contributed by atoms with Crippen molar-refractivity contribution in [2.75, 3.05) is 36.8 Å². The molecule has 0 bridgehead atoms. The van der Waals surface area contributed by atoms with E-state index in [-0.39, 0.29) is 5.82 Å². The number of fused-ring (bicyclic) bond motifs is 1. The number of piperazine rings is 1. The van der Waals surface area contributed by atoms with Crippen LogP contribution in [0.4, 0.5) is 16.0 Å². The predicted octanol–water partition coefficient (Wildman–Crippen LogP) is 2.59. The number of anilines is 2. The van der Waals surface area contributed by atoms with Crippen molar-refractivity contribution in [3.8, 4) is 22.5 Å². The van der Waals surface area contributed by atoms with E-state index in [9.17, 15) is 4.39 Å². The van der Waals surface area contributed by atoms with Crippen molar-refractivity contribution < 1.29 is 4.39 Å². The number of nitrogen functional groups attached to an aromatic ring is 1. The van der Waals surface area contributed by atoms with Gasteiger partial charge in [-0.1, -0.05) is 0 Å². The highest BCUT2D eigenvalue weighted by molar-refractivity contribution is 5.82. The molecule has 1 fully saturated rings. The molecule has 29 heavy (non-hydrogen) atoms. The van der Waals surface area contributed by atoms with E-state index in [4.69, 9.17) is 15.8 Å². The summed E-state index contributed by atoms with van der Waals surface area (Å²) in [6.07, 6.45) is 1.67. The van der Waals surface area contributed by atoms with Crippen LogP contribution in [0.15, 0.2) is 54.7 Å². The molecule has 146 valence electrons. The Hall–Kier alpha value is -3.52. The highest BCUT2D eigenvalue weighted by atomic mass is 19.1. The normalized spacial score (nSPS) is 14.4. The number of pyridine rings is 1. The van der Waals surface area contributed by atoms with E-state index >= 15 is 0 Å². The third kappa shape index (κ3) is 3.27. The number of benzene rings is 1. The largest absolute Gasteiger partial charge is 0.384 e. The lowest BCUT2D eigenvalue weighted by Gasteiger charge is -2.28. The maximum Gasteiger partial charge on any atom is 0.155 e. The van der Waals surface area contributed by atoms with Gasteiger partial charge in [-0.3, -0.25) is 0 Å². The minimum Gasteiger partial charge on any atom is -0.384 e. The maximum atomic E-state index is 13.5.